The lowest BCUT2D eigenvalue weighted by Gasteiger charge is -1.93. The molecular weight excluding hydrogens is 250 g/mol. The number of anilines is 1. The van der Waals surface area contributed by atoms with Gasteiger partial charge in [-0.25, -0.2) is 0 Å². The predicted molar refractivity (Wildman–Crippen MR) is 63.7 cm³/mol. The van der Waals surface area contributed by atoms with E-state index in [1.165, 1.54) is 34.4 Å². The van der Waals surface area contributed by atoms with E-state index >= 15 is 0 Å². The highest BCUT2D eigenvalue weighted by Gasteiger charge is 2.09. The summed E-state index contributed by atoms with van der Waals surface area (Å²) in [6, 6.07) is 3.69. The van der Waals surface area contributed by atoms with Crippen LogP contribution in [-0.2, 0) is 0 Å². The third-order valence-corrected chi connectivity index (χ3v) is 4.34. The normalized spacial score (nSPS) is 10.4. The molecule has 0 fully saturated rings. The molecule has 4 nitrogen and oxygen atoms in total. The first-order valence-corrected chi connectivity index (χ1v) is 6.72. The van der Waals surface area contributed by atoms with Crippen LogP contribution in [0.2, 0.25) is 0 Å². The number of nitrogen functional groups attached to an aromatic ring is 1. The van der Waals surface area contributed by atoms with Crippen molar-refractivity contribution in [3.8, 4) is 0 Å². The van der Waals surface area contributed by atoms with Crippen molar-refractivity contribution in [3.05, 3.63) is 22.4 Å². The van der Waals surface area contributed by atoms with Crippen LogP contribution in [0.1, 0.15) is 9.67 Å². The average molecular weight is 257 g/mol. The van der Waals surface area contributed by atoms with Crippen LogP contribution >= 0.6 is 34.4 Å². The van der Waals surface area contributed by atoms with Gasteiger partial charge in [-0.15, -0.1) is 21.5 Å². The molecule has 2 rings (SSSR count). The van der Waals surface area contributed by atoms with Crippen molar-refractivity contribution in [2.24, 2.45) is 0 Å². The Labute approximate surface area is 98.5 Å². The summed E-state index contributed by atoms with van der Waals surface area (Å²) < 4.78 is 0.734. The maximum atomic E-state index is 11.6. The zero-order chi connectivity index (χ0) is 10.7. The van der Waals surface area contributed by atoms with Gasteiger partial charge in [0.25, 0.3) is 0 Å². The summed E-state index contributed by atoms with van der Waals surface area (Å²) in [7, 11) is 0. The first-order valence-electron chi connectivity index (χ1n) is 4.04. The number of nitrogens with two attached hydrogens (primary N) is 1. The van der Waals surface area contributed by atoms with Gasteiger partial charge in [-0.1, -0.05) is 29.2 Å². The van der Waals surface area contributed by atoms with E-state index in [-0.39, 0.29) is 5.78 Å². The molecule has 0 aliphatic carbocycles. The molecule has 0 aromatic carbocycles. The lowest BCUT2D eigenvalue weighted by Crippen LogP contribution is -1.98. The van der Waals surface area contributed by atoms with Crippen LogP contribution in [0.15, 0.2) is 21.9 Å². The Morgan fingerprint density at radius 2 is 2.40 bits per heavy atom. The number of carbonyl (C=O) groups is 1. The highest BCUT2D eigenvalue weighted by Crippen LogP contribution is 2.24. The molecular formula is C8H7N3OS3. The monoisotopic (exact) mass is 257 g/mol. The number of thioether (sulfide) groups is 1. The number of carbonyl (C=O) groups excluding carboxylic acids is 1. The van der Waals surface area contributed by atoms with E-state index in [9.17, 15) is 4.79 Å². The third kappa shape index (κ3) is 2.77. The summed E-state index contributed by atoms with van der Waals surface area (Å²) in [6.07, 6.45) is 0. The molecule has 0 spiro atoms. The van der Waals surface area contributed by atoms with Crippen molar-refractivity contribution in [1.82, 2.24) is 10.2 Å². The first kappa shape index (κ1) is 10.6. The molecule has 0 aliphatic heterocycles. The molecule has 2 aromatic rings. The van der Waals surface area contributed by atoms with Gasteiger partial charge in [-0.3, -0.25) is 4.79 Å². The number of rotatable bonds is 4. The van der Waals surface area contributed by atoms with Gasteiger partial charge >= 0.3 is 0 Å². The van der Waals surface area contributed by atoms with Crippen molar-refractivity contribution in [2.75, 3.05) is 11.5 Å². The average Bonchev–Trinajstić information content (AvgIpc) is 2.84. The number of Topliss-reactive ketones (excluding diaryl/α,β-unsaturated/α-hetero) is 1. The molecule has 0 radical (unpaired) electrons. The Hall–Kier alpha value is -0.920. The summed E-state index contributed by atoms with van der Waals surface area (Å²) in [4.78, 5) is 12.4. The fourth-order valence-electron chi connectivity index (χ4n) is 0.914. The second-order valence-corrected chi connectivity index (χ2v) is 5.77. The van der Waals surface area contributed by atoms with E-state index in [0.717, 1.165) is 9.22 Å². The summed E-state index contributed by atoms with van der Waals surface area (Å²) in [5.41, 5.74) is 5.43. The fraction of sp³-hybridized carbons (Fsp3) is 0.125. The second kappa shape index (κ2) is 4.73. The zero-order valence-corrected chi connectivity index (χ0v) is 9.99. The Bertz CT molecular complexity index is 451. The molecule has 0 atom stereocenters. The molecule has 0 bridgehead atoms. The summed E-state index contributed by atoms with van der Waals surface area (Å²) >= 11 is 4.12. The highest BCUT2D eigenvalue weighted by molar-refractivity contribution is 8.01. The Morgan fingerprint density at radius 3 is 3.00 bits per heavy atom. The molecule has 15 heavy (non-hydrogen) atoms. The van der Waals surface area contributed by atoms with E-state index in [0.29, 0.717) is 10.9 Å². The first-order chi connectivity index (χ1) is 7.25. The minimum atomic E-state index is 0.115. The van der Waals surface area contributed by atoms with Crippen molar-refractivity contribution in [1.29, 1.82) is 0 Å². The molecule has 2 N–H and O–H groups in total. The lowest BCUT2D eigenvalue weighted by molar-refractivity contribution is 0.102. The molecule has 0 unspecified atom stereocenters. The van der Waals surface area contributed by atoms with Crippen LogP contribution in [0.5, 0.6) is 0 Å². The number of nitrogens with zero attached hydrogens (tertiary/aromatic N) is 2. The van der Waals surface area contributed by atoms with Crippen molar-refractivity contribution >= 4 is 45.4 Å². The van der Waals surface area contributed by atoms with E-state index in [4.69, 9.17) is 5.73 Å². The third-order valence-electron chi connectivity index (χ3n) is 1.54. The van der Waals surface area contributed by atoms with Gasteiger partial charge in [-0.2, -0.15) is 0 Å². The number of hydrogen-bond acceptors (Lipinski definition) is 7. The van der Waals surface area contributed by atoms with Gasteiger partial charge in [-0.05, 0) is 11.4 Å². The molecule has 0 aliphatic rings. The maximum absolute atomic E-state index is 11.6. The van der Waals surface area contributed by atoms with Gasteiger partial charge in [0.2, 0.25) is 5.13 Å². The van der Waals surface area contributed by atoms with Crippen molar-refractivity contribution in [3.63, 3.8) is 0 Å². The highest BCUT2D eigenvalue weighted by atomic mass is 32.2. The molecule has 2 aromatic heterocycles. The van der Waals surface area contributed by atoms with Crippen LogP contribution in [0.25, 0.3) is 0 Å². The molecule has 7 heteroatoms. The Kier molecular flexibility index (Phi) is 3.34. The predicted octanol–water partition coefficient (Wildman–Crippen LogP) is 2.16. The van der Waals surface area contributed by atoms with Crippen LogP contribution in [0.4, 0.5) is 5.13 Å². The largest absolute Gasteiger partial charge is 0.374 e. The molecule has 2 heterocycles. The SMILES string of the molecule is Nc1nnc(SCC(=O)c2cccs2)s1. The van der Waals surface area contributed by atoms with Gasteiger partial charge in [0, 0.05) is 0 Å². The quantitative estimate of drug-likeness (QED) is 0.671. The van der Waals surface area contributed by atoms with E-state index in [2.05, 4.69) is 10.2 Å². The topological polar surface area (TPSA) is 68.9 Å². The maximum Gasteiger partial charge on any atom is 0.203 e. The number of ketones is 1. The fourth-order valence-corrected chi connectivity index (χ4v) is 3.19. The summed E-state index contributed by atoms with van der Waals surface area (Å²) in [6.45, 7) is 0. The molecule has 0 amide bonds. The Balaban J connectivity index is 1.91. The van der Waals surface area contributed by atoms with E-state index in [1.807, 2.05) is 17.5 Å². The minimum Gasteiger partial charge on any atom is -0.374 e. The molecule has 0 saturated carbocycles. The minimum absolute atomic E-state index is 0.115. The van der Waals surface area contributed by atoms with Gasteiger partial charge in [0.05, 0.1) is 10.6 Å². The second-order valence-electron chi connectivity index (χ2n) is 2.60. The number of hydrogen-bond donors (Lipinski definition) is 1. The standard InChI is InChI=1S/C8H7N3OS3/c9-7-10-11-8(15-7)14-4-5(12)6-2-1-3-13-6/h1-3H,4H2,(H2,9,10). The van der Waals surface area contributed by atoms with Crippen LogP contribution in [0, 0.1) is 0 Å². The van der Waals surface area contributed by atoms with Crippen LogP contribution in [-0.4, -0.2) is 21.7 Å². The Morgan fingerprint density at radius 1 is 1.53 bits per heavy atom. The molecule has 0 saturated heterocycles. The van der Waals surface area contributed by atoms with Gasteiger partial charge < -0.3 is 5.73 Å². The zero-order valence-electron chi connectivity index (χ0n) is 7.54. The number of aromatic nitrogens is 2. The van der Waals surface area contributed by atoms with Gasteiger partial charge in [0.1, 0.15) is 0 Å². The van der Waals surface area contributed by atoms with Crippen LogP contribution in [0.3, 0.4) is 0 Å². The van der Waals surface area contributed by atoms with Crippen molar-refractivity contribution < 1.29 is 4.79 Å². The van der Waals surface area contributed by atoms with Crippen molar-refractivity contribution in [2.45, 2.75) is 4.34 Å². The summed E-state index contributed by atoms with van der Waals surface area (Å²) in [5.74, 6) is 0.499. The van der Waals surface area contributed by atoms with E-state index < -0.39 is 0 Å². The smallest absolute Gasteiger partial charge is 0.203 e. The van der Waals surface area contributed by atoms with Gasteiger partial charge in [0.15, 0.2) is 10.1 Å². The van der Waals surface area contributed by atoms with Crippen LogP contribution < -0.4 is 5.73 Å². The summed E-state index contributed by atoms with van der Waals surface area (Å²) in [5, 5.41) is 9.82. The lowest BCUT2D eigenvalue weighted by atomic mass is 10.4. The number of thiophene rings is 1. The molecule has 78 valence electrons. The van der Waals surface area contributed by atoms with E-state index in [1.54, 1.807) is 0 Å².